The van der Waals surface area contributed by atoms with Gasteiger partial charge in [0.25, 0.3) is 0 Å². The molecule has 0 aromatic heterocycles. The highest BCUT2D eigenvalue weighted by Crippen LogP contribution is 2.21. The molecule has 1 aromatic rings. The van der Waals surface area contributed by atoms with Crippen LogP contribution in [0.4, 0.5) is 0 Å². The van der Waals surface area contributed by atoms with Crippen molar-refractivity contribution in [3.05, 3.63) is 29.8 Å². The van der Waals surface area contributed by atoms with E-state index in [1.165, 1.54) is 0 Å². The van der Waals surface area contributed by atoms with Gasteiger partial charge in [0.05, 0.1) is 13.5 Å². The molecule has 1 atom stereocenters. The van der Waals surface area contributed by atoms with Crippen molar-refractivity contribution in [2.45, 2.75) is 25.8 Å². The van der Waals surface area contributed by atoms with Gasteiger partial charge < -0.3 is 9.64 Å². The summed E-state index contributed by atoms with van der Waals surface area (Å²) in [7, 11) is 1.65. The lowest BCUT2D eigenvalue weighted by Gasteiger charge is -2.27. The summed E-state index contributed by atoms with van der Waals surface area (Å²) in [6.07, 6.45) is 1.52. The van der Waals surface area contributed by atoms with E-state index >= 15 is 0 Å². The van der Waals surface area contributed by atoms with E-state index in [1.54, 1.807) is 7.11 Å². The lowest BCUT2D eigenvalue weighted by Crippen LogP contribution is -2.40. The molecule has 1 amide bonds. The summed E-state index contributed by atoms with van der Waals surface area (Å²) in [5, 5.41) is 0. The Morgan fingerprint density at radius 1 is 1.42 bits per heavy atom. The molecule has 0 aliphatic carbocycles. The number of para-hydroxylation sites is 1. The van der Waals surface area contributed by atoms with E-state index in [1.807, 2.05) is 40.9 Å². The van der Waals surface area contributed by atoms with Gasteiger partial charge in [0.15, 0.2) is 0 Å². The number of ether oxygens (including phenoxy) is 1. The average molecular weight is 279 g/mol. The molecular formula is C15H21NO2S. The molecule has 19 heavy (non-hydrogen) atoms. The molecule has 1 heterocycles. The molecule has 2 rings (SSSR count). The predicted molar refractivity (Wildman–Crippen MR) is 79.8 cm³/mol. The summed E-state index contributed by atoms with van der Waals surface area (Å²) in [6, 6.07) is 8.10. The van der Waals surface area contributed by atoms with Crippen LogP contribution in [-0.2, 0) is 11.2 Å². The lowest BCUT2D eigenvalue weighted by atomic mass is 10.1. The molecule has 0 saturated carbocycles. The van der Waals surface area contributed by atoms with Crippen LogP contribution in [0.25, 0.3) is 0 Å². The minimum atomic E-state index is 0.208. The number of rotatable bonds is 3. The highest BCUT2D eigenvalue weighted by molar-refractivity contribution is 7.99. The van der Waals surface area contributed by atoms with Crippen molar-refractivity contribution in [2.24, 2.45) is 0 Å². The van der Waals surface area contributed by atoms with Gasteiger partial charge in [-0.2, -0.15) is 11.8 Å². The zero-order valence-corrected chi connectivity index (χ0v) is 12.4. The Hall–Kier alpha value is -1.16. The normalized spacial score (nSPS) is 19.9. The largest absolute Gasteiger partial charge is 0.496 e. The van der Waals surface area contributed by atoms with Crippen molar-refractivity contribution in [3.8, 4) is 5.75 Å². The van der Waals surface area contributed by atoms with Crippen LogP contribution in [0, 0.1) is 0 Å². The molecule has 104 valence electrons. The number of hydrogen-bond acceptors (Lipinski definition) is 3. The van der Waals surface area contributed by atoms with E-state index in [0.29, 0.717) is 12.5 Å². The zero-order chi connectivity index (χ0) is 13.7. The van der Waals surface area contributed by atoms with Crippen molar-refractivity contribution >= 4 is 17.7 Å². The Kier molecular flexibility index (Phi) is 5.14. The zero-order valence-electron chi connectivity index (χ0n) is 11.6. The highest BCUT2D eigenvalue weighted by Gasteiger charge is 2.22. The number of hydrogen-bond donors (Lipinski definition) is 0. The highest BCUT2D eigenvalue weighted by atomic mass is 32.2. The second kappa shape index (κ2) is 6.85. The maximum Gasteiger partial charge on any atom is 0.227 e. The maximum absolute atomic E-state index is 12.5. The number of thioether (sulfide) groups is 1. The number of carbonyl (C=O) groups excluding carboxylic acids is 1. The van der Waals surface area contributed by atoms with Gasteiger partial charge in [0, 0.05) is 23.9 Å². The van der Waals surface area contributed by atoms with Crippen LogP contribution in [0.15, 0.2) is 24.3 Å². The van der Waals surface area contributed by atoms with E-state index < -0.39 is 0 Å². The number of carbonyl (C=O) groups is 1. The van der Waals surface area contributed by atoms with Crippen LogP contribution < -0.4 is 4.74 Å². The van der Waals surface area contributed by atoms with Gasteiger partial charge in [-0.1, -0.05) is 18.2 Å². The first kappa shape index (κ1) is 14.3. The molecule has 1 saturated heterocycles. The molecule has 1 fully saturated rings. The summed E-state index contributed by atoms with van der Waals surface area (Å²) in [6.45, 7) is 3.01. The van der Waals surface area contributed by atoms with Gasteiger partial charge in [-0.3, -0.25) is 4.79 Å². The van der Waals surface area contributed by atoms with Gasteiger partial charge in [-0.25, -0.2) is 0 Å². The van der Waals surface area contributed by atoms with Gasteiger partial charge in [0.1, 0.15) is 5.75 Å². The van der Waals surface area contributed by atoms with Crippen LogP contribution >= 0.6 is 11.8 Å². The van der Waals surface area contributed by atoms with Gasteiger partial charge in [-0.15, -0.1) is 0 Å². The predicted octanol–water partition coefficient (Wildman–Crippen LogP) is 2.59. The van der Waals surface area contributed by atoms with Crippen LogP contribution in [0.2, 0.25) is 0 Å². The fraction of sp³-hybridized carbons (Fsp3) is 0.533. The number of benzene rings is 1. The Bertz CT molecular complexity index is 436. The molecule has 0 unspecified atom stereocenters. The number of amides is 1. The smallest absolute Gasteiger partial charge is 0.227 e. The number of methoxy groups -OCH3 is 1. The van der Waals surface area contributed by atoms with E-state index in [-0.39, 0.29) is 5.91 Å². The Morgan fingerprint density at radius 3 is 3.00 bits per heavy atom. The molecule has 0 spiro atoms. The third kappa shape index (κ3) is 3.66. The summed E-state index contributed by atoms with van der Waals surface area (Å²) in [4.78, 5) is 14.5. The SMILES string of the molecule is COc1ccccc1CC(=O)N1CCSCC[C@H]1C. The van der Waals surface area contributed by atoms with Crippen LogP contribution in [0.5, 0.6) is 5.75 Å². The summed E-state index contributed by atoms with van der Waals surface area (Å²) < 4.78 is 5.31. The van der Waals surface area contributed by atoms with Crippen molar-refractivity contribution < 1.29 is 9.53 Å². The fourth-order valence-corrected chi connectivity index (χ4v) is 3.42. The molecule has 0 N–H and O–H groups in total. The van der Waals surface area contributed by atoms with Gasteiger partial charge in [-0.05, 0) is 25.2 Å². The molecule has 0 bridgehead atoms. The van der Waals surface area contributed by atoms with Gasteiger partial charge >= 0.3 is 0 Å². The van der Waals surface area contributed by atoms with Crippen LogP contribution in [0.1, 0.15) is 18.9 Å². The quantitative estimate of drug-likeness (QED) is 0.852. The monoisotopic (exact) mass is 279 g/mol. The lowest BCUT2D eigenvalue weighted by molar-refractivity contribution is -0.132. The molecule has 4 heteroatoms. The molecule has 3 nitrogen and oxygen atoms in total. The fourth-order valence-electron chi connectivity index (χ4n) is 2.38. The third-order valence-electron chi connectivity index (χ3n) is 3.54. The molecule has 0 radical (unpaired) electrons. The Balaban J connectivity index is 2.07. The number of nitrogens with zero attached hydrogens (tertiary/aromatic N) is 1. The minimum absolute atomic E-state index is 0.208. The standard InChI is InChI=1S/C15H21NO2S/c1-12-7-9-19-10-8-16(12)15(17)11-13-5-3-4-6-14(13)18-2/h3-6,12H,7-11H2,1-2H3/t12-/m1/s1. The Labute approximate surface area is 119 Å². The van der Waals surface area contributed by atoms with E-state index in [9.17, 15) is 4.79 Å². The first-order chi connectivity index (χ1) is 9.22. The molecule has 1 aliphatic heterocycles. The average Bonchev–Trinajstić information content (AvgIpc) is 2.64. The van der Waals surface area contributed by atoms with Crippen molar-refractivity contribution in [2.75, 3.05) is 25.2 Å². The first-order valence-electron chi connectivity index (χ1n) is 6.71. The van der Waals surface area contributed by atoms with Gasteiger partial charge in [0.2, 0.25) is 5.91 Å². The maximum atomic E-state index is 12.5. The summed E-state index contributed by atoms with van der Waals surface area (Å²) >= 11 is 1.94. The van der Waals surface area contributed by atoms with Crippen LogP contribution in [0.3, 0.4) is 0 Å². The molecule has 1 aromatic carbocycles. The van der Waals surface area contributed by atoms with E-state index in [2.05, 4.69) is 6.92 Å². The first-order valence-corrected chi connectivity index (χ1v) is 7.87. The van der Waals surface area contributed by atoms with Crippen molar-refractivity contribution in [3.63, 3.8) is 0 Å². The van der Waals surface area contributed by atoms with Crippen molar-refractivity contribution in [1.29, 1.82) is 0 Å². The van der Waals surface area contributed by atoms with E-state index in [4.69, 9.17) is 4.74 Å². The van der Waals surface area contributed by atoms with E-state index in [0.717, 1.165) is 35.8 Å². The topological polar surface area (TPSA) is 29.5 Å². The second-order valence-electron chi connectivity index (χ2n) is 4.83. The molecular weight excluding hydrogens is 258 g/mol. The summed E-state index contributed by atoms with van der Waals surface area (Å²) in [5.41, 5.74) is 0.971. The Morgan fingerprint density at radius 2 is 2.21 bits per heavy atom. The van der Waals surface area contributed by atoms with Crippen molar-refractivity contribution in [1.82, 2.24) is 4.90 Å². The summed E-state index contributed by atoms with van der Waals surface area (Å²) in [5.74, 6) is 3.20. The third-order valence-corrected chi connectivity index (χ3v) is 4.54. The molecule has 1 aliphatic rings. The minimum Gasteiger partial charge on any atom is -0.496 e. The second-order valence-corrected chi connectivity index (χ2v) is 6.05. The van der Waals surface area contributed by atoms with Crippen LogP contribution in [-0.4, -0.2) is 42.0 Å².